The van der Waals surface area contributed by atoms with Crippen molar-refractivity contribution >= 4 is 11.8 Å². The Morgan fingerprint density at radius 3 is 2.58 bits per heavy atom. The van der Waals surface area contributed by atoms with Gasteiger partial charge in [0.2, 0.25) is 5.91 Å². The highest BCUT2D eigenvalue weighted by molar-refractivity contribution is 5.96. The summed E-state index contributed by atoms with van der Waals surface area (Å²) >= 11 is 0. The smallest absolute Gasteiger partial charge is 0.254 e. The third kappa shape index (κ3) is 3.86. The lowest BCUT2D eigenvalue weighted by molar-refractivity contribution is -0.127. The first-order valence-corrected chi connectivity index (χ1v) is 11.9. The van der Waals surface area contributed by atoms with Crippen molar-refractivity contribution in [3.63, 3.8) is 0 Å². The molecule has 0 radical (unpaired) electrons. The molecule has 1 aliphatic carbocycles. The molecule has 1 saturated carbocycles. The van der Waals surface area contributed by atoms with E-state index >= 15 is 0 Å². The molecule has 2 N–H and O–H groups in total. The number of carbonyl (C=O) groups excluding carboxylic acids is 2. The number of rotatable bonds is 5. The molecule has 2 aromatic rings. The Hall–Kier alpha value is -3.00. The predicted molar refractivity (Wildman–Crippen MR) is 121 cm³/mol. The van der Waals surface area contributed by atoms with Crippen molar-refractivity contribution < 1.29 is 14.7 Å². The molecular formula is C25H30N4O4. The van der Waals surface area contributed by atoms with E-state index in [0.29, 0.717) is 23.7 Å². The summed E-state index contributed by atoms with van der Waals surface area (Å²) in [5.41, 5.74) is 0.972. The largest absolute Gasteiger partial charge is 0.396 e. The normalized spacial score (nSPS) is 26.6. The molecule has 8 heteroatoms. The molecule has 4 atom stereocenters. The minimum atomic E-state index is -0.620. The molecule has 33 heavy (non-hydrogen) atoms. The van der Waals surface area contributed by atoms with E-state index in [-0.39, 0.29) is 30.5 Å². The Morgan fingerprint density at radius 2 is 1.85 bits per heavy atom. The summed E-state index contributed by atoms with van der Waals surface area (Å²) in [6.45, 7) is 0.649. The summed E-state index contributed by atoms with van der Waals surface area (Å²) in [6.07, 6.45) is 9.00. The predicted octanol–water partition coefficient (Wildman–Crippen LogP) is 1.74. The van der Waals surface area contributed by atoms with Gasteiger partial charge in [0.15, 0.2) is 0 Å². The third-order valence-corrected chi connectivity index (χ3v) is 7.67. The third-order valence-electron chi connectivity index (χ3n) is 7.67. The number of nitrogens with one attached hydrogen (secondary N) is 1. The fourth-order valence-corrected chi connectivity index (χ4v) is 6.03. The highest BCUT2D eigenvalue weighted by Gasteiger charge is 2.57. The Morgan fingerprint density at radius 1 is 1.09 bits per heavy atom. The first-order chi connectivity index (χ1) is 16.1. The topological polar surface area (TPSA) is 105 Å². The molecule has 0 spiro atoms. The first kappa shape index (κ1) is 21.8. The number of fused-ring (bicyclic) bond motifs is 4. The minimum absolute atomic E-state index is 0.149. The van der Waals surface area contributed by atoms with Crippen molar-refractivity contribution in [2.45, 2.75) is 50.7 Å². The van der Waals surface area contributed by atoms with Crippen LogP contribution in [0, 0.1) is 17.8 Å². The Labute approximate surface area is 192 Å². The standard InChI is InChI=1S/C25H30N4O4/c30-15-18-20-14-28-19(7-4-8-21(28)31)23(29(20)25(33)17-9-11-26-12-10-17)22(18)24(32)27-13-16-5-2-1-3-6-16/h4,7-12,16,18,20,22-23,30H,1-3,5-6,13-15H2,(H,27,32)/t18-,20-,22+,23+/m0/s1. The van der Waals surface area contributed by atoms with Gasteiger partial charge in [-0.1, -0.05) is 25.3 Å². The van der Waals surface area contributed by atoms with Crippen LogP contribution in [0.4, 0.5) is 0 Å². The number of aromatic nitrogens is 2. The van der Waals surface area contributed by atoms with Gasteiger partial charge >= 0.3 is 0 Å². The molecule has 0 unspecified atom stereocenters. The number of hydrogen-bond acceptors (Lipinski definition) is 5. The van der Waals surface area contributed by atoms with Crippen molar-refractivity contribution in [1.29, 1.82) is 0 Å². The van der Waals surface area contributed by atoms with Gasteiger partial charge in [0, 0.05) is 55.3 Å². The molecule has 4 heterocycles. The number of nitrogens with zero attached hydrogens (tertiary/aromatic N) is 3. The van der Waals surface area contributed by atoms with Crippen LogP contribution in [0.1, 0.15) is 54.2 Å². The summed E-state index contributed by atoms with van der Waals surface area (Å²) in [7, 11) is 0. The number of amides is 2. The molecule has 3 aliphatic rings. The molecule has 0 aromatic carbocycles. The number of pyridine rings is 2. The Bertz CT molecular complexity index is 1080. The van der Waals surface area contributed by atoms with Crippen LogP contribution in [-0.4, -0.2) is 50.6 Å². The van der Waals surface area contributed by atoms with Crippen LogP contribution in [-0.2, 0) is 11.3 Å². The van der Waals surface area contributed by atoms with Gasteiger partial charge in [-0.25, -0.2) is 0 Å². The summed E-state index contributed by atoms with van der Waals surface area (Å²) in [5.74, 6) is -0.961. The van der Waals surface area contributed by atoms with Crippen molar-refractivity contribution in [2.24, 2.45) is 17.8 Å². The molecule has 1 saturated heterocycles. The zero-order chi connectivity index (χ0) is 22.9. The minimum Gasteiger partial charge on any atom is -0.396 e. The van der Waals surface area contributed by atoms with Gasteiger partial charge in [-0.2, -0.15) is 0 Å². The first-order valence-electron chi connectivity index (χ1n) is 11.9. The second-order valence-electron chi connectivity index (χ2n) is 9.48. The van der Waals surface area contributed by atoms with Gasteiger partial charge < -0.3 is 19.9 Å². The summed E-state index contributed by atoms with van der Waals surface area (Å²) in [5, 5.41) is 13.5. The zero-order valence-corrected chi connectivity index (χ0v) is 18.6. The molecule has 8 nitrogen and oxygen atoms in total. The van der Waals surface area contributed by atoms with Crippen LogP contribution in [0.15, 0.2) is 47.5 Å². The maximum absolute atomic E-state index is 13.6. The van der Waals surface area contributed by atoms with Crippen LogP contribution in [0.5, 0.6) is 0 Å². The lowest BCUT2D eigenvalue weighted by Crippen LogP contribution is -2.49. The molecule has 2 aromatic heterocycles. The van der Waals surface area contributed by atoms with Gasteiger partial charge in [0.05, 0.1) is 18.0 Å². The number of aliphatic hydroxyl groups is 1. The average Bonchev–Trinajstić information content (AvgIpc) is 3.10. The zero-order valence-electron chi connectivity index (χ0n) is 18.6. The van der Waals surface area contributed by atoms with Crippen LogP contribution in [0.2, 0.25) is 0 Å². The molecule has 2 bridgehead atoms. The Kier molecular flexibility index (Phi) is 6.01. The lowest BCUT2D eigenvalue weighted by Gasteiger charge is -2.38. The number of hydrogen-bond donors (Lipinski definition) is 2. The monoisotopic (exact) mass is 450 g/mol. The molecule has 2 fully saturated rings. The molecule has 2 aliphatic heterocycles. The van der Waals surface area contributed by atoms with E-state index in [4.69, 9.17) is 0 Å². The second kappa shape index (κ2) is 9.09. The number of carbonyl (C=O) groups is 2. The van der Waals surface area contributed by atoms with Crippen LogP contribution in [0.3, 0.4) is 0 Å². The second-order valence-corrected chi connectivity index (χ2v) is 9.48. The van der Waals surface area contributed by atoms with Gasteiger partial charge in [0.25, 0.3) is 11.5 Å². The lowest BCUT2D eigenvalue weighted by atomic mass is 9.85. The Balaban J connectivity index is 1.50. The molecular weight excluding hydrogens is 420 g/mol. The number of aliphatic hydroxyl groups excluding tert-OH is 1. The summed E-state index contributed by atoms with van der Waals surface area (Å²) < 4.78 is 1.66. The molecule has 174 valence electrons. The van der Waals surface area contributed by atoms with E-state index < -0.39 is 23.9 Å². The van der Waals surface area contributed by atoms with Gasteiger partial charge in [-0.05, 0) is 37.0 Å². The van der Waals surface area contributed by atoms with E-state index in [1.165, 1.54) is 25.3 Å². The fourth-order valence-electron chi connectivity index (χ4n) is 6.03. The van der Waals surface area contributed by atoms with Crippen LogP contribution >= 0.6 is 0 Å². The van der Waals surface area contributed by atoms with Crippen LogP contribution in [0.25, 0.3) is 0 Å². The van der Waals surface area contributed by atoms with Gasteiger partial charge in [0.1, 0.15) is 0 Å². The van der Waals surface area contributed by atoms with Crippen molar-refractivity contribution in [1.82, 2.24) is 19.8 Å². The van der Waals surface area contributed by atoms with Crippen molar-refractivity contribution in [2.75, 3.05) is 13.2 Å². The average molecular weight is 451 g/mol. The van der Waals surface area contributed by atoms with E-state index in [1.54, 1.807) is 40.1 Å². The van der Waals surface area contributed by atoms with Gasteiger partial charge in [-0.15, -0.1) is 0 Å². The highest BCUT2D eigenvalue weighted by Crippen LogP contribution is 2.48. The van der Waals surface area contributed by atoms with Crippen molar-refractivity contribution in [3.05, 3.63) is 64.3 Å². The quantitative estimate of drug-likeness (QED) is 0.722. The summed E-state index contributed by atoms with van der Waals surface area (Å²) in [4.78, 5) is 45.5. The van der Waals surface area contributed by atoms with Crippen LogP contribution < -0.4 is 10.9 Å². The van der Waals surface area contributed by atoms with Gasteiger partial charge in [-0.3, -0.25) is 19.4 Å². The summed E-state index contributed by atoms with van der Waals surface area (Å²) in [6, 6.07) is 7.24. The molecule has 2 amide bonds. The highest BCUT2D eigenvalue weighted by atomic mass is 16.3. The van der Waals surface area contributed by atoms with E-state index in [1.807, 2.05) is 6.07 Å². The van der Waals surface area contributed by atoms with E-state index in [0.717, 1.165) is 12.8 Å². The maximum atomic E-state index is 13.6. The van der Waals surface area contributed by atoms with Crippen molar-refractivity contribution in [3.8, 4) is 0 Å². The SMILES string of the molecule is O=C(NCC1CCCCC1)[C@@H]1[C@@H](CO)[C@@H]2Cn3c(cccc3=O)[C@H]1N2C(=O)c1ccncc1. The fraction of sp³-hybridized carbons (Fsp3) is 0.520. The van der Waals surface area contributed by atoms with E-state index in [9.17, 15) is 19.5 Å². The molecule has 5 rings (SSSR count). The maximum Gasteiger partial charge on any atom is 0.254 e. The van der Waals surface area contributed by atoms with E-state index in [2.05, 4.69) is 10.3 Å².